The van der Waals surface area contributed by atoms with Crippen molar-refractivity contribution in [1.29, 1.82) is 0 Å². The number of thioether (sulfide) groups is 1. The Morgan fingerprint density at radius 3 is 1.96 bits per heavy atom. The molecule has 23 heavy (non-hydrogen) atoms. The second-order valence-corrected chi connectivity index (χ2v) is 7.49. The Morgan fingerprint density at radius 2 is 1.39 bits per heavy atom. The van der Waals surface area contributed by atoms with E-state index in [0.717, 1.165) is 16.9 Å². The van der Waals surface area contributed by atoms with Gasteiger partial charge in [0, 0.05) is 6.04 Å². The molecule has 2 aromatic carbocycles. The van der Waals surface area contributed by atoms with Crippen molar-refractivity contribution in [2.45, 2.75) is 25.9 Å². The maximum Gasteiger partial charge on any atom is 0.139 e. The Kier molecular flexibility index (Phi) is 5.36. The molecule has 0 radical (unpaired) electrons. The zero-order valence-corrected chi connectivity index (χ0v) is 15.2. The number of hydrogen-bond acceptors (Lipinski definition) is 3. The lowest BCUT2D eigenvalue weighted by Gasteiger charge is -2.42. The van der Waals surface area contributed by atoms with Gasteiger partial charge in [-0.25, -0.2) is 0 Å². The normalized spacial score (nSPS) is 18.7. The van der Waals surface area contributed by atoms with E-state index in [1.807, 2.05) is 0 Å². The maximum absolute atomic E-state index is 5.62. The minimum absolute atomic E-state index is 0.293. The molecule has 0 spiro atoms. The van der Waals surface area contributed by atoms with E-state index in [9.17, 15) is 0 Å². The first-order valence-corrected chi connectivity index (χ1v) is 9.33. The average molecular weight is 343 g/mol. The van der Waals surface area contributed by atoms with Crippen molar-refractivity contribution >= 4 is 28.3 Å². The van der Waals surface area contributed by atoms with E-state index in [-0.39, 0.29) is 0 Å². The average Bonchev–Trinajstić information content (AvgIpc) is 2.62. The second-order valence-electron chi connectivity index (χ2n) is 5.91. The van der Waals surface area contributed by atoms with Gasteiger partial charge in [0.1, 0.15) is 4.32 Å². The molecule has 0 aliphatic carbocycles. The van der Waals surface area contributed by atoms with Gasteiger partial charge in [0.2, 0.25) is 0 Å². The molecule has 4 heteroatoms. The van der Waals surface area contributed by atoms with Crippen LogP contribution in [0.1, 0.15) is 37.1 Å². The van der Waals surface area contributed by atoms with Gasteiger partial charge in [0.15, 0.2) is 0 Å². The second kappa shape index (κ2) is 7.47. The molecule has 0 aromatic heterocycles. The first-order valence-electron chi connectivity index (χ1n) is 7.94. The van der Waals surface area contributed by atoms with Crippen LogP contribution < -0.4 is 0 Å². The Hall–Kier alpha value is -1.36. The van der Waals surface area contributed by atoms with E-state index in [4.69, 9.17) is 12.2 Å². The fraction of sp³-hybridized carbons (Fsp3) is 0.316. The van der Waals surface area contributed by atoms with Gasteiger partial charge < -0.3 is 4.90 Å². The van der Waals surface area contributed by atoms with Crippen LogP contribution in [0.5, 0.6) is 0 Å². The van der Waals surface area contributed by atoms with Crippen molar-refractivity contribution in [3.63, 3.8) is 0 Å². The Bertz CT molecular complexity index is 645. The van der Waals surface area contributed by atoms with Crippen molar-refractivity contribution in [3.8, 4) is 0 Å². The summed E-state index contributed by atoms with van der Waals surface area (Å²) in [7, 11) is 0. The summed E-state index contributed by atoms with van der Waals surface area (Å²) in [6, 6.07) is 22.0. The highest BCUT2D eigenvalue weighted by Gasteiger charge is 2.29. The molecule has 1 aliphatic heterocycles. The highest BCUT2D eigenvalue weighted by Crippen LogP contribution is 2.32. The standard InChI is InChI=1S/C19H22N2S2/c1-15(17-9-5-3-6-10-17)20-13-21(19(22)23-14-20)16(2)18-11-7-4-8-12-18/h3-12,15-16H,13-14H2,1-2H3/t15-,16-/m0/s1. The first-order chi connectivity index (χ1) is 11.2. The Morgan fingerprint density at radius 1 is 0.870 bits per heavy atom. The van der Waals surface area contributed by atoms with Crippen LogP contribution >= 0.6 is 24.0 Å². The van der Waals surface area contributed by atoms with Gasteiger partial charge in [-0.3, -0.25) is 4.90 Å². The van der Waals surface area contributed by atoms with E-state index < -0.39 is 0 Å². The number of nitrogens with zero attached hydrogens (tertiary/aromatic N) is 2. The molecular weight excluding hydrogens is 320 g/mol. The molecule has 0 amide bonds. The fourth-order valence-corrected chi connectivity index (χ4v) is 4.22. The zero-order chi connectivity index (χ0) is 16.2. The van der Waals surface area contributed by atoms with Crippen molar-refractivity contribution in [3.05, 3.63) is 71.8 Å². The van der Waals surface area contributed by atoms with Gasteiger partial charge in [-0.1, -0.05) is 84.6 Å². The monoisotopic (exact) mass is 342 g/mol. The molecule has 2 aromatic rings. The SMILES string of the molecule is C[C@@H](c1ccccc1)N1CSC(=S)N([C@@H](C)c2ccccc2)C1. The molecule has 0 saturated carbocycles. The Labute approximate surface area is 148 Å². The zero-order valence-electron chi connectivity index (χ0n) is 13.6. The van der Waals surface area contributed by atoms with Crippen LogP contribution in [-0.2, 0) is 0 Å². The van der Waals surface area contributed by atoms with Crippen molar-refractivity contribution in [1.82, 2.24) is 9.80 Å². The van der Waals surface area contributed by atoms with Gasteiger partial charge >= 0.3 is 0 Å². The quantitative estimate of drug-likeness (QED) is 0.716. The molecule has 1 aliphatic rings. The topological polar surface area (TPSA) is 6.48 Å². The Balaban J connectivity index is 1.76. The molecule has 1 fully saturated rings. The lowest BCUT2D eigenvalue weighted by Crippen LogP contribution is -2.46. The largest absolute Gasteiger partial charge is 0.338 e. The van der Waals surface area contributed by atoms with Crippen molar-refractivity contribution in [2.75, 3.05) is 12.5 Å². The summed E-state index contributed by atoms with van der Waals surface area (Å²) in [5, 5.41) is 0. The molecule has 120 valence electrons. The van der Waals surface area contributed by atoms with Crippen LogP contribution in [0.4, 0.5) is 0 Å². The highest BCUT2D eigenvalue weighted by molar-refractivity contribution is 8.22. The van der Waals surface area contributed by atoms with Crippen LogP contribution in [0, 0.1) is 0 Å². The summed E-state index contributed by atoms with van der Waals surface area (Å²) >= 11 is 7.39. The van der Waals surface area contributed by atoms with Gasteiger partial charge in [-0.05, 0) is 25.0 Å². The third-order valence-electron chi connectivity index (χ3n) is 4.50. The first kappa shape index (κ1) is 16.5. The summed E-state index contributed by atoms with van der Waals surface area (Å²) in [4.78, 5) is 4.81. The minimum Gasteiger partial charge on any atom is -0.338 e. The smallest absolute Gasteiger partial charge is 0.139 e. The van der Waals surface area contributed by atoms with Gasteiger partial charge in [-0.15, -0.1) is 0 Å². The van der Waals surface area contributed by atoms with Crippen LogP contribution in [0.25, 0.3) is 0 Å². The number of thiocarbonyl (C=S) groups is 1. The summed E-state index contributed by atoms with van der Waals surface area (Å²) < 4.78 is 0.998. The third kappa shape index (κ3) is 3.77. The van der Waals surface area contributed by atoms with Crippen LogP contribution in [0.15, 0.2) is 60.7 Å². The minimum atomic E-state index is 0.293. The molecule has 2 nitrogen and oxygen atoms in total. The van der Waals surface area contributed by atoms with Gasteiger partial charge in [0.05, 0.1) is 18.6 Å². The molecule has 0 N–H and O–H groups in total. The molecule has 1 heterocycles. The predicted octanol–water partition coefficient (Wildman–Crippen LogP) is 5.06. The predicted molar refractivity (Wildman–Crippen MR) is 103 cm³/mol. The molecule has 1 saturated heterocycles. The van der Waals surface area contributed by atoms with Crippen LogP contribution in [0.2, 0.25) is 0 Å². The number of rotatable bonds is 4. The van der Waals surface area contributed by atoms with E-state index >= 15 is 0 Å². The van der Waals surface area contributed by atoms with Gasteiger partial charge in [0.25, 0.3) is 0 Å². The molecule has 2 atom stereocenters. The maximum atomic E-state index is 5.62. The van der Waals surface area contributed by atoms with Crippen LogP contribution in [0.3, 0.4) is 0 Å². The summed E-state index contributed by atoms with van der Waals surface area (Å²) in [5.41, 5.74) is 2.66. The van der Waals surface area contributed by atoms with E-state index in [1.54, 1.807) is 11.8 Å². The highest BCUT2D eigenvalue weighted by atomic mass is 32.2. The molecular formula is C19H22N2S2. The van der Waals surface area contributed by atoms with Crippen molar-refractivity contribution in [2.24, 2.45) is 0 Å². The van der Waals surface area contributed by atoms with Crippen LogP contribution in [-0.4, -0.2) is 26.7 Å². The van der Waals surface area contributed by atoms with E-state index in [2.05, 4.69) is 84.3 Å². The van der Waals surface area contributed by atoms with Crippen molar-refractivity contribution < 1.29 is 0 Å². The number of hydrogen-bond donors (Lipinski definition) is 0. The summed E-state index contributed by atoms with van der Waals surface area (Å²) in [5.74, 6) is 0.951. The molecule has 0 bridgehead atoms. The number of benzene rings is 2. The molecule has 0 unspecified atom stereocenters. The van der Waals surface area contributed by atoms with E-state index in [1.165, 1.54) is 11.1 Å². The van der Waals surface area contributed by atoms with Gasteiger partial charge in [-0.2, -0.15) is 0 Å². The lowest BCUT2D eigenvalue weighted by molar-refractivity contribution is 0.144. The fourth-order valence-electron chi connectivity index (χ4n) is 2.88. The summed E-state index contributed by atoms with van der Waals surface area (Å²) in [6.45, 7) is 5.38. The molecule has 3 rings (SSSR count). The van der Waals surface area contributed by atoms with E-state index in [0.29, 0.717) is 12.1 Å². The lowest BCUT2D eigenvalue weighted by atomic mass is 10.1. The summed E-state index contributed by atoms with van der Waals surface area (Å²) in [6.07, 6.45) is 0. The third-order valence-corrected chi connectivity index (χ3v) is 6.03.